The summed E-state index contributed by atoms with van der Waals surface area (Å²) in [6, 6.07) is 20.8. The molecular weight excluding hydrogens is 363 g/mol. The average Bonchev–Trinajstić information content (AvgIpc) is 2.97. The third kappa shape index (κ3) is 3.45. The highest BCUT2D eigenvalue weighted by Gasteiger charge is 2.49. The zero-order chi connectivity index (χ0) is 17.3. The maximum Gasteiger partial charge on any atom is 0.611 e. The van der Waals surface area contributed by atoms with Crippen LogP contribution in [0.3, 0.4) is 0 Å². The van der Waals surface area contributed by atoms with Gasteiger partial charge in [-0.1, -0.05) is 35.3 Å². The molecule has 0 spiro atoms. The van der Waals surface area contributed by atoms with Gasteiger partial charge in [0.1, 0.15) is 11.5 Å². The van der Waals surface area contributed by atoms with Gasteiger partial charge in [0.25, 0.3) is 0 Å². The molecule has 1 aliphatic heterocycles. The van der Waals surface area contributed by atoms with E-state index in [1.807, 2.05) is 12.1 Å². The Morgan fingerprint density at radius 3 is 1.40 bits per heavy atom. The van der Waals surface area contributed by atoms with Crippen molar-refractivity contribution in [2.24, 2.45) is 0 Å². The molecule has 0 N–H and O–H groups in total. The van der Waals surface area contributed by atoms with Gasteiger partial charge in [0.15, 0.2) is 11.5 Å². The monoisotopic (exact) mass is 374 g/mol. The van der Waals surface area contributed by atoms with Crippen molar-refractivity contribution >= 4 is 23.2 Å². The number of benzene rings is 3. The SMILES string of the molecule is Clc1ccc(OC2(Oc3ccc(Cl)cc3)Oc3ccccc3O2)cc1. The van der Waals surface area contributed by atoms with E-state index in [0.717, 1.165) is 0 Å². The standard InChI is InChI=1S/C19H12Cl2O4/c20-13-5-9-15(10-6-13)22-19(23-16-11-7-14(21)8-12-16)24-17-3-1-2-4-18(17)25-19/h1-12H. The van der Waals surface area contributed by atoms with Crippen LogP contribution in [0.2, 0.25) is 10.0 Å². The molecule has 1 aliphatic rings. The second-order valence-corrected chi connectivity index (χ2v) is 6.14. The minimum atomic E-state index is -1.79. The lowest BCUT2D eigenvalue weighted by molar-refractivity contribution is -0.349. The number of ether oxygens (including phenoxy) is 4. The number of halogens is 2. The van der Waals surface area contributed by atoms with Gasteiger partial charge in [0.2, 0.25) is 0 Å². The third-order valence-electron chi connectivity index (χ3n) is 3.43. The van der Waals surface area contributed by atoms with Crippen LogP contribution in [0.4, 0.5) is 0 Å². The van der Waals surface area contributed by atoms with Gasteiger partial charge in [-0.25, -0.2) is 0 Å². The highest BCUT2D eigenvalue weighted by molar-refractivity contribution is 6.30. The normalized spacial score (nSPS) is 14.2. The van der Waals surface area contributed by atoms with Gasteiger partial charge in [-0.2, -0.15) is 0 Å². The molecule has 3 aromatic carbocycles. The van der Waals surface area contributed by atoms with Crippen LogP contribution in [-0.2, 0) is 0 Å². The summed E-state index contributed by atoms with van der Waals surface area (Å²) >= 11 is 11.8. The molecule has 0 aromatic heterocycles. The minimum absolute atomic E-state index is 0.478. The second-order valence-electron chi connectivity index (χ2n) is 5.26. The molecule has 0 amide bonds. The molecule has 0 saturated carbocycles. The summed E-state index contributed by atoms with van der Waals surface area (Å²) in [6.45, 7) is 0. The quantitative estimate of drug-likeness (QED) is 0.562. The Balaban J connectivity index is 1.66. The van der Waals surface area contributed by atoms with E-state index in [4.69, 9.17) is 42.1 Å². The Morgan fingerprint density at radius 1 is 0.600 bits per heavy atom. The first-order valence-electron chi connectivity index (χ1n) is 7.48. The zero-order valence-electron chi connectivity index (χ0n) is 12.8. The second kappa shape index (κ2) is 6.39. The smallest absolute Gasteiger partial charge is 0.386 e. The minimum Gasteiger partial charge on any atom is -0.386 e. The van der Waals surface area contributed by atoms with E-state index in [9.17, 15) is 0 Å². The van der Waals surface area contributed by atoms with E-state index in [0.29, 0.717) is 33.0 Å². The highest BCUT2D eigenvalue weighted by atomic mass is 35.5. The van der Waals surface area contributed by atoms with Crippen molar-refractivity contribution in [3.05, 3.63) is 82.8 Å². The largest absolute Gasteiger partial charge is 0.611 e. The molecule has 6 heteroatoms. The Kier molecular flexibility index (Phi) is 4.07. The predicted molar refractivity (Wildman–Crippen MR) is 94.6 cm³/mol. The summed E-state index contributed by atoms with van der Waals surface area (Å²) in [5, 5.41) is 1.19. The lowest BCUT2D eigenvalue weighted by atomic mass is 10.3. The van der Waals surface area contributed by atoms with E-state index < -0.39 is 6.16 Å². The Morgan fingerprint density at radius 2 is 1.00 bits per heavy atom. The summed E-state index contributed by atoms with van der Waals surface area (Å²) in [5.41, 5.74) is 0. The summed E-state index contributed by atoms with van der Waals surface area (Å²) in [4.78, 5) is 0. The fourth-order valence-corrected chi connectivity index (χ4v) is 2.56. The first-order chi connectivity index (χ1) is 12.1. The van der Waals surface area contributed by atoms with Crippen molar-refractivity contribution in [2.75, 3.05) is 0 Å². The van der Waals surface area contributed by atoms with Crippen LogP contribution >= 0.6 is 23.2 Å². The zero-order valence-corrected chi connectivity index (χ0v) is 14.3. The lowest BCUT2D eigenvalue weighted by Crippen LogP contribution is -2.50. The number of rotatable bonds is 4. The van der Waals surface area contributed by atoms with Crippen LogP contribution < -0.4 is 18.9 Å². The van der Waals surface area contributed by atoms with Gasteiger partial charge in [-0.05, 0) is 60.7 Å². The topological polar surface area (TPSA) is 36.9 Å². The van der Waals surface area contributed by atoms with Gasteiger partial charge in [-0.3, -0.25) is 0 Å². The summed E-state index contributed by atoms with van der Waals surface area (Å²) < 4.78 is 23.4. The molecule has 126 valence electrons. The maximum absolute atomic E-state index is 5.92. The molecular formula is C19H12Cl2O4. The number of fused-ring (bicyclic) bond motifs is 1. The molecule has 0 aliphatic carbocycles. The number of hydrogen-bond acceptors (Lipinski definition) is 4. The van der Waals surface area contributed by atoms with Crippen molar-refractivity contribution in [3.63, 3.8) is 0 Å². The predicted octanol–water partition coefficient (Wildman–Crippen LogP) is 5.53. The van der Waals surface area contributed by atoms with Crippen molar-refractivity contribution in [2.45, 2.75) is 6.16 Å². The Bertz CT molecular complexity index is 804. The van der Waals surface area contributed by atoms with Crippen molar-refractivity contribution < 1.29 is 18.9 Å². The first kappa shape index (κ1) is 15.9. The van der Waals surface area contributed by atoms with E-state index in [2.05, 4.69) is 0 Å². The molecule has 0 bridgehead atoms. The highest BCUT2D eigenvalue weighted by Crippen LogP contribution is 2.41. The maximum atomic E-state index is 5.92. The van der Waals surface area contributed by atoms with Crippen LogP contribution in [0.5, 0.6) is 23.0 Å². The van der Waals surface area contributed by atoms with Crippen molar-refractivity contribution in [1.82, 2.24) is 0 Å². The molecule has 4 rings (SSSR count). The fraction of sp³-hybridized carbons (Fsp3) is 0.0526. The van der Waals surface area contributed by atoms with E-state index in [1.54, 1.807) is 60.7 Å². The average molecular weight is 375 g/mol. The molecule has 0 saturated heterocycles. The molecule has 3 aromatic rings. The molecule has 1 heterocycles. The van der Waals surface area contributed by atoms with Gasteiger partial charge in [-0.15, -0.1) is 0 Å². The van der Waals surface area contributed by atoms with Crippen LogP contribution in [0, 0.1) is 0 Å². The molecule has 0 unspecified atom stereocenters. The van der Waals surface area contributed by atoms with Gasteiger partial charge in [0, 0.05) is 10.0 Å². The third-order valence-corrected chi connectivity index (χ3v) is 3.94. The van der Waals surface area contributed by atoms with Gasteiger partial charge >= 0.3 is 6.16 Å². The van der Waals surface area contributed by atoms with Crippen molar-refractivity contribution in [3.8, 4) is 23.0 Å². The summed E-state index contributed by atoms with van der Waals surface area (Å²) in [7, 11) is 0. The Hall–Kier alpha value is -2.56. The van der Waals surface area contributed by atoms with E-state index >= 15 is 0 Å². The van der Waals surface area contributed by atoms with E-state index in [-0.39, 0.29) is 0 Å². The summed E-state index contributed by atoms with van der Waals surface area (Å²) in [6.07, 6.45) is -1.79. The van der Waals surface area contributed by atoms with Crippen molar-refractivity contribution in [1.29, 1.82) is 0 Å². The lowest BCUT2D eigenvalue weighted by Gasteiger charge is -2.26. The number of para-hydroxylation sites is 2. The van der Waals surface area contributed by atoms with E-state index in [1.165, 1.54) is 0 Å². The Labute approximate surface area is 154 Å². The van der Waals surface area contributed by atoms with Gasteiger partial charge in [0.05, 0.1) is 0 Å². The molecule has 25 heavy (non-hydrogen) atoms. The fourth-order valence-electron chi connectivity index (χ4n) is 2.31. The van der Waals surface area contributed by atoms with Gasteiger partial charge < -0.3 is 18.9 Å². The van der Waals surface area contributed by atoms with Crippen LogP contribution in [-0.4, -0.2) is 6.16 Å². The molecule has 4 nitrogen and oxygen atoms in total. The van der Waals surface area contributed by atoms with Crippen LogP contribution in [0.15, 0.2) is 72.8 Å². The summed E-state index contributed by atoms with van der Waals surface area (Å²) in [5.74, 6) is 1.99. The van der Waals surface area contributed by atoms with Crippen LogP contribution in [0.1, 0.15) is 0 Å². The first-order valence-corrected chi connectivity index (χ1v) is 8.24. The molecule has 0 atom stereocenters. The van der Waals surface area contributed by atoms with Crippen LogP contribution in [0.25, 0.3) is 0 Å². The molecule has 0 fully saturated rings. The molecule has 0 radical (unpaired) electrons. The number of hydrogen-bond donors (Lipinski definition) is 0.